The van der Waals surface area contributed by atoms with Gasteiger partial charge in [-0.2, -0.15) is 5.26 Å². The predicted molar refractivity (Wildman–Crippen MR) is 224 cm³/mol. The molecule has 322 valence electrons. The number of carbonyl (C=O) groups excluding carboxylic acids is 3. The number of hydrogen-bond donors (Lipinski definition) is 2. The number of carbonyl (C=O) groups is 3. The summed E-state index contributed by atoms with van der Waals surface area (Å²) in [7, 11) is 3.48. The molecule has 1 spiro atoms. The first-order chi connectivity index (χ1) is 30.1. The van der Waals surface area contributed by atoms with Crippen molar-refractivity contribution < 1.29 is 52.3 Å². The summed E-state index contributed by atoms with van der Waals surface area (Å²) in [4.78, 5) is 45.9. The molecule has 9 atom stereocenters. The van der Waals surface area contributed by atoms with Crippen molar-refractivity contribution in [3.8, 4) is 34.8 Å². The third kappa shape index (κ3) is 5.73. The van der Waals surface area contributed by atoms with Gasteiger partial charge in [-0.3, -0.25) is 15.1 Å². The van der Waals surface area contributed by atoms with Crippen LogP contribution in [0.3, 0.4) is 0 Å². The van der Waals surface area contributed by atoms with Crippen molar-refractivity contribution in [1.82, 2.24) is 15.1 Å². The van der Waals surface area contributed by atoms with Crippen molar-refractivity contribution in [2.24, 2.45) is 0 Å². The van der Waals surface area contributed by atoms with Gasteiger partial charge in [0.15, 0.2) is 23.0 Å². The van der Waals surface area contributed by atoms with Crippen LogP contribution < -0.4 is 34.3 Å². The lowest BCUT2D eigenvalue weighted by Gasteiger charge is -2.62. The molecule has 8 aliphatic heterocycles. The summed E-state index contributed by atoms with van der Waals surface area (Å²) in [5, 5.41) is 18.0. The van der Waals surface area contributed by atoms with Crippen molar-refractivity contribution in [2.75, 3.05) is 45.2 Å². The fraction of sp³-hybridized carbons (Fsp3) is 0.422. The van der Waals surface area contributed by atoms with Crippen LogP contribution in [0.25, 0.3) is 0 Å². The highest BCUT2D eigenvalue weighted by Crippen LogP contribution is 2.65. The summed E-state index contributed by atoms with van der Waals surface area (Å²) in [6.07, 6.45) is 1.20. The molecule has 0 amide bonds. The number of para-hydroxylation sites is 1. The van der Waals surface area contributed by atoms with E-state index in [1.54, 1.807) is 6.92 Å². The van der Waals surface area contributed by atoms with E-state index in [4.69, 9.17) is 37.9 Å². The number of nitrogens with zero attached hydrogens (tertiary/aromatic N) is 3. The fourth-order valence-electron chi connectivity index (χ4n) is 11.4. The number of nitriles is 1. The van der Waals surface area contributed by atoms with Crippen molar-refractivity contribution in [3.63, 3.8) is 0 Å². The molecule has 8 aliphatic rings. The van der Waals surface area contributed by atoms with Gasteiger partial charge in [-0.1, -0.05) is 37.4 Å². The maximum Gasteiger partial charge on any atom is 0.518 e. The number of piperazine rings is 1. The first-order valence-corrected chi connectivity index (χ1v) is 21.5. The Balaban J connectivity index is 1.23. The van der Waals surface area contributed by atoms with E-state index in [0.717, 1.165) is 41.3 Å². The van der Waals surface area contributed by atoms with Gasteiger partial charge in [-0.15, -0.1) is 11.8 Å². The topological polar surface area (TPSA) is 179 Å². The number of likely N-dealkylation sites (N-methyl/N-ethyl adjacent to an activating group) is 1. The number of benzene rings is 3. The molecular weight excluding hydrogens is 819 g/mol. The van der Waals surface area contributed by atoms with E-state index >= 15 is 4.79 Å². The molecule has 3 aromatic rings. The zero-order valence-corrected chi connectivity index (χ0v) is 35.4. The molecule has 0 aliphatic carbocycles. The highest BCUT2D eigenvalue weighted by Gasteiger charge is 2.63. The number of methoxy groups -OCH3 is 1. The zero-order chi connectivity index (χ0) is 43.2. The van der Waals surface area contributed by atoms with Gasteiger partial charge in [0.05, 0.1) is 49.1 Å². The molecule has 2 N–H and O–H groups in total. The molecule has 3 fully saturated rings. The largest absolute Gasteiger partial charge is 0.518 e. The van der Waals surface area contributed by atoms with Crippen LogP contribution in [-0.2, 0) is 25.4 Å². The second kappa shape index (κ2) is 15.2. The van der Waals surface area contributed by atoms with Crippen LogP contribution >= 0.6 is 11.8 Å². The predicted octanol–water partition coefficient (Wildman–Crippen LogP) is 6.23. The number of ether oxygens (including phenoxy) is 8. The van der Waals surface area contributed by atoms with E-state index in [9.17, 15) is 14.9 Å². The molecule has 3 saturated heterocycles. The number of rotatable bonds is 5. The monoisotopic (exact) mass is 863 g/mol. The summed E-state index contributed by atoms with van der Waals surface area (Å²) in [6.45, 7) is 11.0. The van der Waals surface area contributed by atoms with E-state index < -0.39 is 53.2 Å². The lowest BCUT2D eigenvalue weighted by atomic mass is 9.71. The lowest BCUT2D eigenvalue weighted by Crippen LogP contribution is -2.71. The second-order valence-electron chi connectivity index (χ2n) is 16.5. The Hall–Kier alpha value is -5.93. The van der Waals surface area contributed by atoms with E-state index in [-0.39, 0.29) is 48.7 Å². The molecule has 8 heterocycles. The van der Waals surface area contributed by atoms with Crippen LogP contribution in [0.1, 0.15) is 68.6 Å². The Morgan fingerprint density at radius 1 is 1.02 bits per heavy atom. The standard InChI is InChI=1S/C45H45N5O11S/c1-7-55-43(52)60-36-22(4)37-38(59-20-58-37)31-29-18-57-42(51)45(41-25(13-14-47-45)24-11-9-10-12-26(24)48-41)19-62-40(32(31)36)34-33-30-23(16-27(49(33)5)28(17-46)50(29)34)15-21(3)35(54-6)39(30)61-44(53)56-8-2/h7-12,15,25,27-29,33-34,40-41,47-48H,1-2,13-14,16,18-20H2,3-6H3/t25?,27-,28-,29+,33-,34?,40+,41?,45+/m0/s1. The van der Waals surface area contributed by atoms with Gasteiger partial charge in [0.25, 0.3) is 0 Å². The highest BCUT2D eigenvalue weighted by atomic mass is 32.2. The van der Waals surface area contributed by atoms with Crippen molar-refractivity contribution in [2.45, 2.75) is 79.6 Å². The number of thioether (sulfide) groups is 1. The molecule has 0 saturated carbocycles. The van der Waals surface area contributed by atoms with Gasteiger partial charge >= 0.3 is 18.3 Å². The van der Waals surface area contributed by atoms with Gasteiger partial charge in [-0.25, -0.2) is 14.4 Å². The summed E-state index contributed by atoms with van der Waals surface area (Å²) in [5.74, 6) is 1.31. The Kier molecular flexibility index (Phi) is 9.82. The number of esters is 1. The molecule has 11 rings (SSSR count). The molecule has 3 aromatic carbocycles. The molecule has 3 unspecified atom stereocenters. The number of hydrogen-bond acceptors (Lipinski definition) is 17. The average molecular weight is 864 g/mol. The van der Waals surface area contributed by atoms with Gasteiger partial charge in [0, 0.05) is 51.7 Å². The van der Waals surface area contributed by atoms with Crippen molar-refractivity contribution in [1.29, 1.82) is 5.26 Å². The van der Waals surface area contributed by atoms with Gasteiger partial charge < -0.3 is 43.2 Å². The minimum atomic E-state index is -1.21. The number of piperidine rings is 1. The number of aryl methyl sites for hydroxylation is 1. The molecule has 0 aromatic heterocycles. The summed E-state index contributed by atoms with van der Waals surface area (Å²) in [6, 6.07) is 9.28. The third-order valence-electron chi connectivity index (χ3n) is 13.7. The minimum absolute atomic E-state index is 0.0219. The summed E-state index contributed by atoms with van der Waals surface area (Å²) >= 11 is 1.50. The van der Waals surface area contributed by atoms with Crippen LogP contribution in [0, 0.1) is 25.2 Å². The zero-order valence-electron chi connectivity index (χ0n) is 34.6. The number of nitrogens with one attached hydrogen (secondary N) is 2. The molecule has 4 bridgehead atoms. The van der Waals surface area contributed by atoms with Gasteiger partial charge in [0.1, 0.15) is 23.9 Å². The highest BCUT2D eigenvalue weighted by molar-refractivity contribution is 7.99. The van der Waals surface area contributed by atoms with Crippen LogP contribution in [-0.4, -0.2) is 97.6 Å². The number of anilines is 1. The quantitative estimate of drug-likeness (QED) is 0.128. The Morgan fingerprint density at radius 2 is 1.76 bits per heavy atom. The Bertz CT molecular complexity index is 2490. The minimum Gasteiger partial charge on any atom is -0.493 e. The maximum atomic E-state index is 15.0. The Morgan fingerprint density at radius 3 is 2.50 bits per heavy atom. The van der Waals surface area contributed by atoms with Crippen LogP contribution in [0.15, 0.2) is 56.0 Å². The summed E-state index contributed by atoms with van der Waals surface area (Å²) < 4.78 is 47.3. The first-order valence-electron chi connectivity index (χ1n) is 20.5. The van der Waals surface area contributed by atoms with Gasteiger partial charge in [0.2, 0.25) is 6.79 Å². The molecule has 62 heavy (non-hydrogen) atoms. The van der Waals surface area contributed by atoms with E-state index in [0.29, 0.717) is 52.5 Å². The second-order valence-corrected chi connectivity index (χ2v) is 17.6. The van der Waals surface area contributed by atoms with E-state index in [1.807, 2.05) is 38.2 Å². The SMILES string of the molecule is C=COC(=O)Oc1c(C)c2c(c3c1[C@H]1SC[C@]4(NCCC5c6ccccc6NC54)C(=O)OC[C@H]3N3C1[C@@H]1c4c(cc(C)c(OC)c4OC(=O)OC=C)C[C@@H]([C@@H]3C#N)N1C)OCO2. The van der Waals surface area contributed by atoms with Crippen LogP contribution in [0.2, 0.25) is 0 Å². The fourth-order valence-corrected chi connectivity index (χ4v) is 13.1. The average Bonchev–Trinajstić information content (AvgIpc) is 3.90. The molecule has 17 heteroatoms. The molecular formula is C45H45N5O11S. The normalized spacial score (nSPS) is 29.8. The van der Waals surface area contributed by atoms with Crippen molar-refractivity contribution >= 4 is 35.7 Å². The molecule has 0 radical (unpaired) electrons. The lowest BCUT2D eigenvalue weighted by molar-refractivity contribution is -0.158. The first kappa shape index (κ1) is 40.2. The van der Waals surface area contributed by atoms with Crippen molar-refractivity contribution in [3.05, 3.63) is 95.0 Å². The van der Waals surface area contributed by atoms with Gasteiger partial charge in [-0.05, 0) is 63.0 Å². The smallest absolute Gasteiger partial charge is 0.493 e. The van der Waals surface area contributed by atoms with E-state index in [2.05, 4.69) is 45.7 Å². The molecule has 16 nitrogen and oxygen atoms in total. The van der Waals surface area contributed by atoms with E-state index in [1.165, 1.54) is 18.9 Å². The Labute approximate surface area is 362 Å². The summed E-state index contributed by atoms with van der Waals surface area (Å²) in [5.41, 5.74) is 4.86. The van der Waals surface area contributed by atoms with Crippen LogP contribution in [0.4, 0.5) is 15.3 Å². The third-order valence-corrected chi connectivity index (χ3v) is 15.2. The maximum absolute atomic E-state index is 15.0. The van der Waals surface area contributed by atoms with Crippen LogP contribution in [0.5, 0.6) is 28.7 Å². The number of fused-ring (bicyclic) bond motifs is 11.